The molecule has 3 rings (SSSR count). The maximum absolute atomic E-state index is 12.8. The number of fused-ring (bicyclic) bond motifs is 1. The van der Waals surface area contributed by atoms with Gasteiger partial charge in [0.15, 0.2) is 0 Å². The van der Waals surface area contributed by atoms with Crippen LogP contribution >= 0.6 is 0 Å². The lowest BCUT2D eigenvalue weighted by Crippen LogP contribution is -2.48. The first-order chi connectivity index (χ1) is 13.0. The minimum absolute atomic E-state index is 0.143. The number of nitrogens with zero attached hydrogens (tertiary/aromatic N) is 2. The molecule has 2 aromatic carbocycles. The lowest BCUT2D eigenvalue weighted by atomic mass is 10.1. The summed E-state index contributed by atoms with van der Waals surface area (Å²) in [7, 11) is 1.25. The van der Waals surface area contributed by atoms with E-state index in [0.717, 1.165) is 5.56 Å². The Hall–Kier alpha value is -3.48. The van der Waals surface area contributed by atoms with E-state index >= 15 is 0 Å². The average molecular weight is 365 g/mol. The van der Waals surface area contributed by atoms with Crippen LogP contribution in [0.3, 0.4) is 0 Å². The smallest absolute Gasteiger partial charge is 0.328 e. The fourth-order valence-corrected chi connectivity index (χ4v) is 2.90. The van der Waals surface area contributed by atoms with Crippen LogP contribution in [-0.2, 0) is 16.0 Å². The number of esters is 1. The third kappa shape index (κ3) is 3.87. The minimum atomic E-state index is -0.921. The first-order valence-corrected chi connectivity index (χ1v) is 8.42. The van der Waals surface area contributed by atoms with Gasteiger partial charge < -0.3 is 15.3 Å². The Kier molecular flexibility index (Phi) is 5.30. The van der Waals surface area contributed by atoms with Crippen molar-refractivity contribution in [3.05, 3.63) is 76.8 Å². The van der Waals surface area contributed by atoms with Crippen molar-refractivity contribution in [2.75, 3.05) is 7.11 Å². The van der Waals surface area contributed by atoms with Gasteiger partial charge in [0.1, 0.15) is 17.3 Å². The molecular formula is C20H19N3O4. The van der Waals surface area contributed by atoms with Crippen molar-refractivity contribution >= 4 is 22.9 Å². The number of methoxy groups -OCH3 is 1. The first kappa shape index (κ1) is 18.3. The van der Waals surface area contributed by atoms with Crippen LogP contribution in [0, 0.1) is 12.1 Å². The van der Waals surface area contributed by atoms with Crippen molar-refractivity contribution in [1.29, 1.82) is 0 Å². The number of rotatable bonds is 5. The second-order valence-corrected chi connectivity index (χ2v) is 6.07. The molecule has 0 aliphatic rings. The molecule has 0 aliphatic heterocycles. The van der Waals surface area contributed by atoms with Crippen molar-refractivity contribution in [1.82, 2.24) is 10.3 Å². The standard InChI is InChI=1S/C20H19N3O4/c1-13-18(23(26)17-11-7-6-10-15(17)21-13)19(24)22-16(20(25)27-2)12-14-8-4-3-5-9-14/h3-11,16H,12H2,1-2H3,(H,22,24). The number of para-hydroxylation sites is 2. The SMILES string of the molecule is COC(=O)C(Cc1ccccc1)NC(=O)c1c(C)nc2ccccc2[n+]1[O-]. The number of carbonyl (C=O) groups excluding carboxylic acids is 2. The zero-order chi connectivity index (χ0) is 19.4. The Labute approximate surface area is 156 Å². The summed E-state index contributed by atoms with van der Waals surface area (Å²) in [4.78, 5) is 29.2. The molecule has 7 nitrogen and oxygen atoms in total. The number of hydrogen-bond donors (Lipinski definition) is 1. The average Bonchev–Trinajstić information content (AvgIpc) is 2.67. The highest BCUT2D eigenvalue weighted by molar-refractivity contribution is 5.95. The van der Waals surface area contributed by atoms with E-state index in [1.165, 1.54) is 7.11 Å². The normalized spacial score (nSPS) is 11.8. The lowest BCUT2D eigenvalue weighted by molar-refractivity contribution is -0.580. The Balaban J connectivity index is 1.92. The van der Waals surface area contributed by atoms with E-state index in [2.05, 4.69) is 10.3 Å². The Morgan fingerprint density at radius 1 is 1.15 bits per heavy atom. The van der Waals surface area contributed by atoms with Crippen molar-refractivity contribution in [2.45, 2.75) is 19.4 Å². The molecule has 138 valence electrons. The predicted molar refractivity (Wildman–Crippen MR) is 98.9 cm³/mol. The molecule has 1 heterocycles. The summed E-state index contributed by atoms with van der Waals surface area (Å²) < 4.78 is 5.34. The number of hydrogen-bond acceptors (Lipinski definition) is 5. The molecule has 0 saturated heterocycles. The fourth-order valence-electron chi connectivity index (χ4n) is 2.90. The summed E-state index contributed by atoms with van der Waals surface area (Å²) in [6.45, 7) is 1.58. The molecule has 1 aromatic heterocycles. The molecule has 3 aromatic rings. The number of ether oxygens (including phenoxy) is 1. The Morgan fingerprint density at radius 3 is 2.52 bits per heavy atom. The van der Waals surface area contributed by atoms with Crippen molar-refractivity contribution in [3.8, 4) is 0 Å². The monoisotopic (exact) mass is 365 g/mol. The van der Waals surface area contributed by atoms with Crippen LogP contribution in [0.15, 0.2) is 54.6 Å². The van der Waals surface area contributed by atoms with E-state index in [4.69, 9.17) is 4.74 Å². The minimum Gasteiger partial charge on any atom is -0.618 e. The van der Waals surface area contributed by atoms with Crippen LogP contribution in [0.5, 0.6) is 0 Å². The molecule has 0 fully saturated rings. The van der Waals surface area contributed by atoms with E-state index in [9.17, 15) is 14.8 Å². The molecule has 0 saturated carbocycles. The van der Waals surface area contributed by atoms with Crippen LogP contribution in [0.2, 0.25) is 0 Å². The van der Waals surface area contributed by atoms with Crippen LogP contribution < -0.4 is 10.0 Å². The first-order valence-electron chi connectivity index (χ1n) is 8.42. The van der Waals surface area contributed by atoms with Crippen LogP contribution in [0.25, 0.3) is 11.0 Å². The fraction of sp³-hybridized carbons (Fsp3) is 0.200. The number of aryl methyl sites for hydroxylation is 1. The Bertz CT molecular complexity index is 989. The van der Waals surface area contributed by atoms with Crippen LogP contribution in [0.1, 0.15) is 21.7 Å². The summed E-state index contributed by atoms with van der Waals surface area (Å²) in [5.74, 6) is -1.26. The van der Waals surface area contributed by atoms with Gasteiger partial charge in [-0.25, -0.2) is 9.78 Å². The molecule has 0 aliphatic carbocycles. The number of aromatic nitrogens is 2. The summed E-state index contributed by atoms with van der Waals surface area (Å²) in [6.07, 6.45) is 0.248. The van der Waals surface area contributed by atoms with Gasteiger partial charge in [0, 0.05) is 12.5 Å². The highest BCUT2D eigenvalue weighted by Gasteiger charge is 2.29. The van der Waals surface area contributed by atoms with E-state index in [0.29, 0.717) is 10.2 Å². The number of nitrogens with one attached hydrogen (secondary N) is 1. The maximum Gasteiger partial charge on any atom is 0.328 e. The number of benzene rings is 2. The second kappa shape index (κ2) is 7.82. The molecule has 1 amide bonds. The number of carbonyl (C=O) groups is 2. The molecule has 1 N–H and O–H groups in total. The molecule has 1 unspecified atom stereocenters. The summed E-state index contributed by atoms with van der Waals surface area (Å²) in [5, 5.41) is 15.3. The van der Waals surface area contributed by atoms with Gasteiger partial charge in [-0.05, 0) is 18.6 Å². The molecule has 27 heavy (non-hydrogen) atoms. The van der Waals surface area contributed by atoms with Crippen LogP contribution in [-0.4, -0.2) is 30.0 Å². The van der Waals surface area contributed by atoms with E-state index in [-0.39, 0.29) is 23.3 Å². The quantitative estimate of drug-likeness (QED) is 0.422. The van der Waals surface area contributed by atoms with E-state index in [1.54, 1.807) is 31.2 Å². The van der Waals surface area contributed by atoms with Crippen molar-refractivity contribution in [2.24, 2.45) is 0 Å². The highest BCUT2D eigenvalue weighted by atomic mass is 16.5. The summed E-state index contributed by atoms with van der Waals surface area (Å²) >= 11 is 0. The van der Waals surface area contributed by atoms with Gasteiger partial charge in [0.05, 0.1) is 7.11 Å². The molecule has 0 spiro atoms. The molecular weight excluding hydrogens is 346 g/mol. The summed E-state index contributed by atoms with van der Waals surface area (Å²) in [6, 6.07) is 15.1. The molecule has 7 heteroatoms. The van der Waals surface area contributed by atoms with E-state index in [1.807, 2.05) is 30.3 Å². The maximum atomic E-state index is 12.8. The van der Waals surface area contributed by atoms with E-state index < -0.39 is 17.9 Å². The van der Waals surface area contributed by atoms with Gasteiger partial charge >= 0.3 is 17.6 Å². The topological polar surface area (TPSA) is 95.2 Å². The lowest BCUT2D eigenvalue weighted by Gasteiger charge is -2.17. The molecule has 1 atom stereocenters. The summed E-state index contributed by atoms with van der Waals surface area (Å²) in [5.41, 5.74) is 1.78. The zero-order valence-electron chi connectivity index (χ0n) is 15.0. The highest BCUT2D eigenvalue weighted by Crippen LogP contribution is 2.11. The van der Waals surface area contributed by atoms with Crippen LogP contribution in [0.4, 0.5) is 0 Å². The second-order valence-electron chi connectivity index (χ2n) is 6.07. The van der Waals surface area contributed by atoms with Gasteiger partial charge in [0.25, 0.3) is 0 Å². The van der Waals surface area contributed by atoms with Crippen molar-refractivity contribution in [3.63, 3.8) is 0 Å². The molecule has 0 bridgehead atoms. The number of amides is 1. The van der Waals surface area contributed by atoms with Gasteiger partial charge in [-0.2, -0.15) is 4.73 Å². The van der Waals surface area contributed by atoms with Gasteiger partial charge in [-0.15, -0.1) is 0 Å². The third-order valence-corrected chi connectivity index (χ3v) is 4.22. The van der Waals surface area contributed by atoms with Crippen molar-refractivity contribution < 1.29 is 19.1 Å². The van der Waals surface area contributed by atoms with Gasteiger partial charge in [-0.1, -0.05) is 42.5 Å². The van der Waals surface area contributed by atoms with Gasteiger partial charge in [0.2, 0.25) is 5.52 Å². The third-order valence-electron chi connectivity index (χ3n) is 4.22. The molecule has 0 radical (unpaired) electrons. The Morgan fingerprint density at radius 2 is 1.81 bits per heavy atom. The predicted octanol–water partition coefficient (Wildman–Crippen LogP) is 1.69. The zero-order valence-corrected chi connectivity index (χ0v) is 15.0. The van der Waals surface area contributed by atoms with Gasteiger partial charge in [-0.3, -0.25) is 4.79 Å². The largest absolute Gasteiger partial charge is 0.618 e.